The Bertz CT molecular complexity index is 486. The zero-order valence-electron chi connectivity index (χ0n) is 10.1. The molecule has 0 saturated carbocycles. The second-order valence-electron chi connectivity index (χ2n) is 4.22. The van der Waals surface area contributed by atoms with E-state index < -0.39 is 6.10 Å². The van der Waals surface area contributed by atoms with Crippen LogP contribution in [-0.2, 0) is 0 Å². The monoisotopic (exact) mass is 265 g/mol. The van der Waals surface area contributed by atoms with Gasteiger partial charge < -0.3 is 10.4 Å². The van der Waals surface area contributed by atoms with Gasteiger partial charge in [-0.3, -0.25) is 0 Å². The van der Waals surface area contributed by atoms with Gasteiger partial charge in [0.05, 0.1) is 0 Å². The van der Waals surface area contributed by atoms with E-state index in [4.69, 9.17) is 0 Å². The summed E-state index contributed by atoms with van der Waals surface area (Å²) >= 11 is 1.53. The number of thiophene rings is 1. The van der Waals surface area contributed by atoms with Crippen molar-refractivity contribution in [3.63, 3.8) is 0 Å². The summed E-state index contributed by atoms with van der Waals surface area (Å²) in [6.07, 6.45) is -0.513. The van der Waals surface area contributed by atoms with Crippen LogP contribution in [0.3, 0.4) is 0 Å². The molecule has 0 amide bonds. The van der Waals surface area contributed by atoms with Crippen molar-refractivity contribution in [3.05, 3.63) is 58.0 Å². The Morgan fingerprint density at radius 1 is 1.33 bits per heavy atom. The molecule has 0 aliphatic rings. The van der Waals surface area contributed by atoms with Gasteiger partial charge in [-0.25, -0.2) is 4.39 Å². The zero-order chi connectivity index (χ0) is 13.0. The van der Waals surface area contributed by atoms with Gasteiger partial charge >= 0.3 is 0 Å². The van der Waals surface area contributed by atoms with Crippen LogP contribution in [0.15, 0.2) is 41.8 Å². The summed E-state index contributed by atoms with van der Waals surface area (Å²) in [5, 5.41) is 15.1. The third kappa shape index (κ3) is 3.38. The molecule has 4 heteroatoms. The van der Waals surface area contributed by atoms with Crippen molar-refractivity contribution in [3.8, 4) is 0 Å². The third-order valence-electron chi connectivity index (χ3n) is 2.84. The Labute approximate surface area is 110 Å². The summed E-state index contributed by atoms with van der Waals surface area (Å²) in [5.74, 6) is -0.236. The minimum Gasteiger partial charge on any atom is -0.386 e. The number of hydrogen-bond donors (Lipinski definition) is 2. The highest BCUT2D eigenvalue weighted by Crippen LogP contribution is 2.19. The van der Waals surface area contributed by atoms with Gasteiger partial charge in [0.1, 0.15) is 11.9 Å². The molecule has 2 atom stereocenters. The average Bonchev–Trinajstić information content (AvgIpc) is 2.89. The quantitative estimate of drug-likeness (QED) is 0.869. The largest absolute Gasteiger partial charge is 0.386 e. The maximum absolute atomic E-state index is 13.1. The molecule has 0 bridgehead atoms. The molecule has 18 heavy (non-hydrogen) atoms. The number of aliphatic hydroxyl groups excluding tert-OH is 1. The fourth-order valence-corrected chi connectivity index (χ4v) is 2.48. The van der Waals surface area contributed by atoms with Crippen LogP contribution < -0.4 is 5.32 Å². The molecule has 2 N–H and O–H groups in total. The molecule has 0 radical (unpaired) electrons. The van der Waals surface area contributed by atoms with Gasteiger partial charge in [-0.15, -0.1) is 11.3 Å². The molecule has 0 aliphatic carbocycles. The molecular weight excluding hydrogens is 249 g/mol. The van der Waals surface area contributed by atoms with Crippen LogP contribution in [0.4, 0.5) is 4.39 Å². The predicted octanol–water partition coefficient (Wildman–Crippen LogP) is 3.27. The highest BCUT2D eigenvalue weighted by Gasteiger charge is 2.11. The van der Waals surface area contributed by atoms with Crippen molar-refractivity contribution in [2.45, 2.75) is 19.1 Å². The molecule has 96 valence electrons. The van der Waals surface area contributed by atoms with Crippen molar-refractivity contribution in [2.24, 2.45) is 0 Å². The number of aliphatic hydroxyl groups is 1. The van der Waals surface area contributed by atoms with Crippen LogP contribution in [0.2, 0.25) is 0 Å². The predicted molar refractivity (Wildman–Crippen MR) is 72.1 cm³/mol. The summed E-state index contributed by atoms with van der Waals surface area (Å²) in [7, 11) is 0. The highest BCUT2D eigenvalue weighted by atomic mass is 32.1. The number of rotatable bonds is 5. The first kappa shape index (κ1) is 13.2. The number of hydrogen-bond acceptors (Lipinski definition) is 3. The lowest BCUT2D eigenvalue weighted by atomic mass is 10.1. The topological polar surface area (TPSA) is 32.3 Å². The molecule has 0 aliphatic heterocycles. The van der Waals surface area contributed by atoms with Crippen molar-refractivity contribution in [1.82, 2.24) is 5.32 Å². The second-order valence-corrected chi connectivity index (χ2v) is 5.20. The number of benzene rings is 1. The lowest BCUT2D eigenvalue weighted by Crippen LogP contribution is -2.24. The summed E-state index contributed by atoms with van der Waals surface area (Å²) < 4.78 is 13.1. The van der Waals surface area contributed by atoms with Gasteiger partial charge in [-0.1, -0.05) is 18.2 Å². The lowest BCUT2D eigenvalue weighted by Gasteiger charge is -2.16. The van der Waals surface area contributed by atoms with Crippen molar-refractivity contribution in [2.75, 3.05) is 6.54 Å². The summed E-state index contributed by atoms with van der Waals surface area (Å²) in [6.45, 7) is 2.41. The molecule has 2 aromatic rings. The van der Waals surface area contributed by atoms with E-state index in [1.807, 2.05) is 30.5 Å². The van der Waals surface area contributed by atoms with Gasteiger partial charge in [0, 0.05) is 17.5 Å². The van der Waals surface area contributed by atoms with Crippen molar-refractivity contribution >= 4 is 11.3 Å². The molecule has 2 rings (SSSR count). The van der Waals surface area contributed by atoms with Crippen LogP contribution in [0.5, 0.6) is 0 Å². The molecule has 0 saturated heterocycles. The minimum absolute atomic E-state index is 0.00955. The first-order valence-corrected chi connectivity index (χ1v) is 6.75. The second kappa shape index (κ2) is 6.09. The van der Waals surface area contributed by atoms with E-state index in [0.717, 1.165) is 10.4 Å². The van der Waals surface area contributed by atoms with E-state index in [1.165, 1.54) is 23.5 Å². The van der Waals surface area contributed by atoms with E-state index in [0.29, 0.717) is 6.54 Å². The number of nitrogens with one attached hydrogen (secondary N) is 1. The van der Waals surface area contributed by atoms with Crippen molar-refractivity contribution in [1.29, 1.82) is 0 Å². The zero-order valence-corrected chi connectivity index (χ0v) is 11.0. The Balaban J connectivity index is 1.90. The Morgan fingerprint density at radius 3 is 2.83 bits per heavy atom. The van der Waals surface area contributed by atoms with Crippen LogP contribution in [-0.4, -0.2) is 11.7 Å². The fourth-order valence-electron chi connectivity index (χ4n) is 1.76. The normalized spacial score (nSPS) is 14.4. The molecule has 0 fully saturated rings. The van der Waals surface area contributed by atoms with Gasteiger partial charge in [-0.2, -0.15) is 0 Å². The SMILES string of the molecule is C[C@H](NCC(O)c1cccs1)c1cccc(F)c1. The van der Waals surface area contributed by atoms with Crippen LogP contribution in [0, 0.1) is 5.82 Å². The molecule has 1 aromatic carbocycles. The van der Waals surface area contributed by atoms with Crippen LogP contribution in [0.25, 0.3) is 0 Å². The Kier molecular flexibility index (Phi) is 4.47. The molecular formula is C14H16FNOS. The van der Waals surface area contributed by atoms with Gasteiger partial charge in [0.15, 0.2) is 0 Å². The maximum Gasteiger partial charge on any atom is 0.123 e. The third-order valence-corrected chi connectivity index (χ3v) is 3.81. The van der Waals surface area contributed by atoms with Crippen LogP contribution in [0.1, 0.15) is 29.5 Å². The van der Waals surface area contributed by atoms with Gasteiger partial charge in [0.2, 0.25) is 0 Å². The van der Waals surface area contributed by atoms with E-state index >= 15 is 0 Å². The fraction of sp³-hybridized carbons (Fsp3) is 0.286. The van der Waals surface area contributed by atoms with Gasteiger partial charge in [0.25, 0.3) is 0 Å². The maximum atomic E-state index is 13.1. The highest BCUT2D eigenvalue weighted by molar-refractivity contribution is 7.10. The molecule has 1 unspecified atom stereocenters. The summed E-state index contributed by atoms with van der Waals surface area (Å²) in [5.41, 5.74) is 0.883. The summed E-state index contributed by atoms with van der Waals surface area (Å²) in [6, 6.07) is 10.3. The number of halogens is 1. The first-order chi connectivity index (χ1) is 8.66. The van der Waals surface area contributed by atoms with Crippen molar-refractivity contribution < 1.29 is 9.50 Å². The minimum atomic E-state index is -0.513. The van der Waals surface area contributed by atoms with E-state index in [2.05, 4.69) is 5.32 Å². The van der Waals surface area contributed by atoms with E-state index in [1.54, 1.807) is 6.07 Å². The molecule has 1 heterocycles. The molecule has 0 spiro atoms. The summed E-state index contributed by atoms with van der Waals surface area (Å²) in [4.78, 5) is 0.939. The Hall–Kier alpha value is -1.23. The molecule has 2 nitrogen and oxygen atoms in total. The van der Waals surface area contributed by atoms with Crippen LogP contribution >= 0.6 is 11.3 Å². The van der Waals surface area contributed by atoms with Gasteiger partial charge in [-0.05, 0) is 36.1 Å². The Morgan fingerprint density at radius 2 is 2.17 bits per heavy atom. The standard InChI is InChI=1S/C14H16FNOS/c1-10(11-4-2-5-12(15)8-11)16-9-13(17)14-6-3-7-18-14/h2-8,10,13,16-17H,9H2,1H3/t10-,13?/m0/s1. The van der Waals surface area contributed by atoms with E-state index in [-0.39, 0.29) is 11.9 Å². The average molecular weight is 265 g/mol. The lowest BCUT2D eigenvalue weighted by molar-refractivity contribution is 0.174. The molecule has 1 aromatic heterocycles. The van der Waals surface area contributed by atoms with E-state index in [9.17, 15) is 9.50 Å². The smallest absolute Gasteiger partial charge is 0.123 e. The first-order valence-electron chi connectivity index (χ1n) is 5.87.